The number of ketones is 1. The second-order valence-corrected chi connectivity index (χ2v) is 3.01. The van der Waals surface area contributed by atoms with Gasteiger partial charge >= 0.3 is 5.97 Å². The highest BCUT2D eigenvalue weighted by molar-refractivity contribution is 5.83. The molecule has 1 rings (SSSR count). The zero-order valence-electron chi connectivity index (χ0n) is 7.08. The molecule has 1 saturated heterocycles. The number of esters is 1. The van der Waals surface area contributed by atoms with Crippen LogP contribution in [0.4, 0.5) is 0 Å². The van der Waals surface area contributed by atoms with Crippen LogP contribution < -0.4 is 0 Å². The molecule has 0 aliphatic carbocycles. The summed E-state index contributed by atoms with van der Waals surface area (Å²) in [7, 11) is 0. The first-order chi connectivity index (χ1) is 5.65. The second kappa shape index (κ2) is 3.52. The van der Waals surface area contributed by atoms with Crippen LogP contribution in [0.15, 0.2) is 12.7 Å². The van der Waals surface area contributed by atoms with Crippen LogP contribution in [0.3, 0.4) is 0 Å². The summed E-state index contributed by atoms with van der Waals surface area (Å²) in [5, 5.41) is 0. The zero-order chi connectivity index (χ0) is 9.14. The van der Waals surface area contributed by atoms with E-state index in [1.165, 1.54) is 6.92 Å². The Morgan fingerprint density at radius 1 is 1.75 bits per heavy atom. The van der Waals surface area contributed by atoms with E-state index in [9.17, 15) is 9.59 Å². The standard InChI is InChI=1S/C9H12O3/c1-3-4-7-8(5-6(2)10)12-9(7)11/h3,7-8H,1,4-5H2,2H3/t7-,8-/m0/s1. The summed E-state index contributed by atoms with van der Waals surface area (Å²) >= 11 is 0. The van der Waals surface area contributed by atoms with Gasteiger partial charge in [0.15, 0.2) is 0 Å². The number of cyclic esters (lactones) is 1. The Balaban J connectivity index is 2.42. The molecule has 0 aromatic carbocycles. The Kier molecular flexibility index (Phi) is 2.63. The summed E-state index contributed by atoms with van der Waals surface area (Å²) < 4.78 is 4.81. The maximum Gasteiger partial charge on any atom is 0.313 e. The molecular formula is C9H12O3. The van der Waals surface area contributed by atoms with Crippen LogP contribution in [-0.2, 0) is 14.3 Å². The smallest absolute Gasteiger partial charge is 0.313 e. The maximum absolute atomic E-state index is 10.8. The van der Waals surface area contributed by atoms with E-state index in [0.717, 1.165) is 0 Å². The van der Waals surface area contributed by atoms with Gasteiger partial charge in [-0.2, -0.15) is 0 Å². The first-order valence-electron chi connectivity index (χ1n) is 3.96. The van der Waals surface area contributed by atoms with Crippen LogP contribution in [0.1, 0.15) is 19.8 Å². The lowest BCUT2D eigenvalue weighted by molar-refractivity contribution is -0.184. The molecule has 3 heteroatoms. The first-order valence-corrected chi connectivity index (χ1v) is 3.96. The van der Waals surface area contributed by atoms with Gasteiger partial charge in [-0.15, -0.1) is 6.58 Å². The lowest BCUT2D eigenvalue weighted by Crippen LogP contribution is -2.45. The molecule has 3 nitrogen and oxygen atoms in total. The van der Waals surface area contributed by atoms with Crippen molar-refractivity contribution in [3.8, 4) is 0 Å². The molecule has 0 aromatic heterocycles. The summed E-state index contributed by atoms with van der Waals surface area (Å²) in [6.07, 6.45) is 2.42. The molecule has 12 heavy (non-hydrogen) atoms. The third-order valence-electron chi connectivity index (χ3n) is 1.93. The third-order valence-corrected chi connectivity index (χ3v) is 1.93. The van der Waals surface area contributed by atoms with Crippen LogP contribution in [0.25, 0.3) is 0 Å². The SMILES string of the molecule is C=CC[C@@H]1C(=O)O[C@H]1CC(C)=O. The summed E-state index contributed by atoms with van der Waals surface area (Å²) in [4.78, 5) is 21.5. The Morgan fingerprint density at radius 2 is 2.42 bits per heavy atom. The highest BCUT2D eigenvalue weighted by Crippen LogP contribution is 2.28. The number of ether oxygens (including phenoxy) is 1. The third kappa shape index (κ3) is 1.72. The highest BCUT2D eigenvalue weighted by Gasteiger charge is 2.41. The number of hydrogen-bond donors (Lipinski definition) is 0. The predicted molar refractivity (Wildman–Crippen MR) is 43.5 cm³/mol. The van der Waals surface area contributed by atoms with Crippen molar-refractivity contribution in [3.63, 3.8) is 0 Å². The predicted octanol–water partition coefficient (Wildman–Crippen LogP) is 1.08. The van der Waals surface area contributed by atoms with E-state index in [2.05, 4.69) is 6.58 Å². The Bertz CT molecular complexity index is 220. The molecule has 0 N–H and O–H groups in total. The minimum Gasteiger partial charge on any atom is -0.461 e. The lowest BCUT2D eigenvalue weighted by atomic mass is 9.90. The molecule has 2 atom stereocenters. The van der Waals surface area contributed by atoms with Gasteiger partial charge in [0.2, 0.25) is 0 Å². The van der Waals surface area contributed by atoms with Crippen molar-refractivity contribution in [2.75, 3.05) is 0 Å². The largest absolute Gasteiger partial charge is 0.461 e. The van der Waals surface area contributed by atoms with Crippen molar-refractivity contribution in [1.29, 1.82) is 0 Å². The van der Waals surface area contributed by atoms with E-state index in [1.807, 2.05) is 0 Å². The number of rotatable bonds is 4. The molecule has 1 aliphatic rings. The molecule has 0 aromatic rings. The van der Waals surface area contributed by atoms with Crippen LogP contribution in [-0.4, -0.2) is 17.9 Å². The van der Waals surface area contributed by atoms with E-state index in [4.69, 9.17) is 4.74 Å². The molecule has 0 unspecified atom stereocenters. The fourth-order valence-corrected chi connectivity index (χ4v) is 1.29. The quantitative estimate of drug-likeness (QED) is 0.466. The summed E-state index contributed by atoms with van der Waals surface area (Å²) in [5.41, 5.74) is 0. The fourth-order valence-electron chi connectivity index (χ4n) is 1.29. The molecule has 0 saturated carbocycles. The number of carbonyl (C=O) groups excluding carboxylic acids is 2. The fraction of sp³-hybridized carbons (Fsp3) is 0.556. The molecule has 0 spiro atoms. The number of Topliss-reactive ketones (excluding diaryl/α,β-unsaturated/α-hetero) is 1. The first kappa shape index (κ1) is 8.97. The van der Waals surface area contributed by atoms with Crippen molar-refractivity contribution in [2.24, 2.45) is 5.92 Å². The van der Waals surface area contributed by atoms with Crippen molar-refractivity contribution >= 4 is 11.8 Å². The van der Waals surface area contributed by atoms with E-state index in [-0.39, 0.29) is 23.8 Å². The Labute approximate surface area is 71.4 Å². The molecule has 0 amide bonds. The van der Waals surface area contributed by atoms with Gasteiger partial charge in [0.25, 0.3) is 0 Å². The molecule has 0 bridgehead atoms. The van der Waals surface area contributed by atoms with Gasteiger partial charge in [-0.25, -0.2) is 0 Å². The number of allylic oxidation sites excluding steroid dienone is 1. The molecule has 66 valence electrons. The van der Waals surface area contributed by atoms with Gasteiger partial charge in [-0.3, -0.25) is 9.59 Å². The van der Waals surface area contributed by atoms with Crippen LogP contribution >= 0.6 is 0 Å². The lowest BCUT2D eigenvalue weighted by Gasteiger charge is -2.33. The molecule has 1 aliphatic heterocycles. The van der Waals surface area contributed by atoms with Crippen LogP contribution in [0.2, 0.25) is 0 Å². The van der Waals surface area contributed by atoms with Gasteiger partial charge < -0.3 is 4.74 Å². The van der Waals surface area contributed by atoms with Crippen molar-refractivity contribution in [2.45, 2.75) is 25.9 Å². The van der Waals surface area contributed by atoms with Gasteiger partial charge in [0.05, 0.1) is 5.92 Å². The second-order valence-electron chi connectivity index (χ2n) is 3.01. The minimum atomic E-state index is -0.207. The highest BCUT2D eigenvalue weighted by atomic mass is 16.6. The monoisotopic (exact) mass is 168 g/mol. The topological polar surface area (TPSA) is 43.4 Å². The van der Waals surface area contributed by atoms with Crippen LogP contribution in [0, 0.1) is 5.92 Å². The maximum atomic E-state index is 10.8. The van der Waals surface area contributed by atoms with Crippen LogP contribution in [0.5, 0.6) is 0 Å². The Morgan fingerprint density at radius 3 is 2.83 bits per heavy atom. The normalized spacial score (nSPS) is 27.2. The molecule has 1 fully saturated rings. The van der Waals surface area contributed by atoms with E-state index < -0.39 is 0 Å². The number of hydrogen-bond acceptors (Lipinski definition) is 3. The van der Waals surface area contributed by atoms with E-state index in [0.29, 0.717) is 12.8 Å². The molecule has 0 radical (unpaired) electrons. The number of carbonyl (C=O) groups is 2. The van der Waals surface area contributed by atoms with Gasteiger partial charge in [0.1, 0.15) is 11.9 Å². The molecular weight excluding hydrogens is 156 g/mol. The van der Waals surface area contributed by atoms with Crippen molar-refractivity contribution < 1.29 is 14.3 Å². The van der Waals surface area contributed by atoms with Crippen molar-refractivity contribution in [3.05, 3.63) is 12.7 Å². The van der Waals surface area contributed by atoms with Gasteiger partial charge in [-0.1, -0.05) is 6.08 Å². The molecule has 1 heterocycles. The summed E-state index contributed by atoms with van der Waals surface area (Å²) in [6, 6.07) is 0. The zero-order valence-corrected chi connectivity index (χ0v) is 7.08. The summed E-state index contributed by atoms with van der Waals surface area (Å²) in [6.45, 7) is 5.03. The van der Waals surface area contributed by atoms with Crippen molar-refractivity contribution in [1.82, 2.24) is 0 Å². The summed E-state index contributed by atoms with van der Waals surface area (Å²) in [5.74, 6) is -0.283. The van der Waals surface area contributed by atoms with E-state index in [1.54, 1.807) is 6.08 Å². The average Bonchev–Trinajstić information content (AvgIpc) is 1.99. The minimum absolute atomic E-state index is 0.0570. The van der Waals surface area contributed by atoms with Gasteiger partial charge in [-0.05, 0) is 13.3 Å². The van der Waals surface area contributed by atoms with E-state index >= 15 is 0 Å². The Hall–Kier alpha value is -1.12. The average molecular weight is 168 g/mol. The van der Waals surface area contributed by atoms with Gasteiger partial charge in [0, 0.05) is 6.42 Å².